The minimum atomic E-state index is 0. The van der Waals surface area contributed by atoms with Crippen LogP contribution < -0.4 is 0 Å². The molecule has 0 saturated heterocycles. The molecule has 3 radical (unpaired) electrons. The van der Waals surface area contributed by atoms with Gasteiger partial charge in [0.2, 0.25) is 0 Å². The van der Waals surface area contributed by atoms with Crippen LogP contribution >= 0.6 is 0 Å². The molecular formula is Mn3O2+2. The van der Waals surface area contributed by atoms with Crippen molar-refractivity contribution in [3.8, 4) is 0 Å². The van der Waals surface area contributed by atoms with E-state index in [0.29, 0.717) is 0 Å². The third-order valence-corrected chi connectivity index (χ3v) is 0. The van der Waals surface area contributed by atoms with Crippen LogP contribution in [0, 0.1) is 0 Å². The van der Waals surface area contributed by atoms with E-state index in [2.05, 4.69) is 0 Å². The van der Waals surface area contributed by atoms with Gasteiger partial charge in [0, 0.05) is 0 Å². The molecule has 0 aliphatic carbocycles. The molecule has 31 valence electrons. The summed E-state index contributed by atoms with van der Waals surface area (Å²) < 4.78 is 0. The van der Waals surface area contributed by atoms with Crippen LogP contribution in [0.5, 0.6) is 0 Å². The van der Waals surface area contributed by atoms with Crippen molar-refractivity contribution in [1.29, 1.82) is 0 Å². The second kappa shape index (κ2) is 50.3. The van der Waals surface area contributed by atoms with Crippen LogP contribution in [0.25, 0.3) is 0 Å². The van der Waals surface area contributed by atoms with E-state index < -0.39 is 0 Å². The van der Waals surface area contributed by atoms with Gasteiger partial charge >= 0.3 is 51.2 Å². The van der Waals surface area contributed by atoms with Gasteiger partial charge in [0.05, 0.1) is 0 Å². The summed E-state index contributed by atoms with van der Waals surface area (Å²) in [5.74, 6) is 0. The minimum Gasteiger partial charge on any atom is -2.00 e. The molecule has 0 unspecified atom stereocenters. The third-order valence-electron chi connectivity index (χ3n) is 0. The molecule has 0 rings (SSSR count). The number of hydrogen-bond acceptors (Lipinski definition) is 0. The first-order valence-electron chi connectivity index (χ1n) is 0. The van der Waals surface area contributed by atoms with E-state index >= 15 is 0 Å². The monoisotopic (exact) mass is 197 g/mol. The van der Waals surface area contributed by atoms with Gasteiger partial charge in [0.1, 0.15) is 0 Å². The van der Waals surface area contributed by atoms with Crippen LogP contribution in [0.1, 0.15) is 0 Å². The van der Waals surface area contributed by atoms with Gasteiger partial charge in [-0.2, -0.15) is 0 Å². The summed E-state index contributed by atoms with van der Waals surface area (Å²) in [5, 5.41) is 0. The van der Waals surface area contributed by atoms with Gasteiger partial charge in [-0.3, -0.25) is 0 Å². The summed E-state index contributed by atoms with van der Waals surface area (Å²) in [6.45, 7) is 0. The molecule has 0 spiro atoms. The molecule has 0 aromatic rings. The first-order chi connectivity index (χ1) is 0. The van der Waals surface area contributed by atoms with E-state index in [4.69, 9.17) is 0 Å². The maximum Gasteiger partial charge on any atom is 2.00 e. The molecule has 0 amide bonds. The Balaban J connectivity index is 0. The summed E-state index contributed by atoms with van der Waals surface area (Å²) >= 11 is 0. The molecule has 0 aliphatic heterocycles. The Bertz CT molecular complexity index is 4.85. The van der Waals surface area contributed by atoms with Crippen LogP contribution in [0.2, 0.25) is 0 Å². The molecule has 0 heterocycles. The van der Waals surface area contributed by atoms with Gasteiger partial charge < -0.3 is 11.0 Å². The Morgan fingerprint density at radius 1 is 0.400 bits per heavy atom. The second-order valence-corrected chi connectivity index (χ2v) is 0. The molecule has 0 aromatic carbocycles. The maximum atomic E-state index is 0. The van der Waals surface area contributed by atoms with E-state index in [0.717, 1.165) is 0 Å². The van der Waals surface area contributed by atoms with Crippen LogP contribution in [-0.4, -0.2) is 0 Å². The molecular weight excluding hydrogens is 197 g/mol. The van der Waals surface area contributed by atoms with Gasteiger partial charge in [-0.25, -0.2) is 0 Å². The first-order valence-corrected chi connectivity index (χ1v) is 0. The number of rotatable bonds is 0. The van der Waals surface area contributed by atoms with Crippen molar-refractivity contribution in [3.63, 3.8) is 0 Å². The van der Waals surface area contributed by atoms with Gasteiger partial charge in [0.15, 0.2) is 0 Å². The molecule has 0 saturated carbocycles. The largest absolute Gasteiger partial charge is 2.00 e. The average Bonchev–Trinajstić information content (AvgIpc) is 0. The van der Waals surface area contributed by atoms with Gasteiger partial charge in [-0.15, -0.1) is 0 Å². The zero-order chi connectivity index (χ0) is 0. The fourth-order valence-electron chi connectivity index (χ4n) is 0. The van der Waals surface area contributed by atoms with E-state index in [1.807, 2.05) is 0 Å². The predicted molar refractivity (Wildman–Crippen MR) is 1.37 cm³/mol. The normalized spacial score (nSPS) is 0. The summed E-state index contributed by atoms with van der Waals surface area (Å²) in [4.78, 5) is 0. The first kappa shape index (κ1) is 89.0. The summed E-state index contributed by atoms with van der Waals surface area (Å²) in [5.41, 5.74) is 0. The Morgan fingerprint density at radius 3 is 0.400 bits per heavy atom. The molecule has 0 N–H and O–H groups in total. The summed E-state index contributed by atoms with van der Waals surface area (Å²) in [7, 11) is 0. The second-order valence-electron chi connectivity index (χ2n) is 0. The van der Waals surface area contributed by atoms with Crippen LogP contribution in [0.3, 0.4) is 0 Å². The van der Waals surface area contributed by atoms with E-state index in [9.17, 15) is 0 Å². The van der Waals surface area contributed by atoms with E-state index in [1.54, 1.807) is 0 Å². The Kier molecular flexibility index (Phi) is 894. The molecule has 0 aromatic heterocycles. The maximum absolute atomic E-state index is 0. The van der Waals surface area contributed by atoms with Crippen molar-refractivity contribution in [2.24, 2.45) is 0 Å². The van der Waals surface area contributed by atoms with Crippen molar-refractivity contribution in [3.05, 3.63) is 0 Å². The molecule has 0 aliphatic rings. The Morgan fingerprint density at radius 2 is 0.400 bits per heavy atom. The van der Waals surface area contributed by atoms with E-state index in [1.165, 1.54) is 0 Å². The Labute approximate surface area is 62.1 Å². The van der Waals surface area contributed by atoms with Crippen molar-refractivity contribution < 1.29 is 62.2 Å². The standard InChI is InChI=1S/3Mn.2O/q3*+2;2*-2. The van der Waals surface area contributed by atoms with Crippen molar-refractivity contribution >= 4 is 0 Å². The van der Waals surface area contributed by atoms with Gasteiger partial charge in [-0.1, -0.05) is 0 Å². The van der Waals surface area contributed by atoms with Crippen molar-refractivity contribution in [2.75, 3.05) is 0 Å². The average molecular weight is 197 g/mol. The summed E-state index contributed by atoms with van der Waals surface area (Å²) in [6.07, 6.45) is 0. The molecule has 0 bridgehead atoms. The molecule has 5 heavy (non-hydrogen) atoms. The fraction of sp³-hybridized carbons (Fsp3) is 0. The molecule has 0 atom stereocenters. The third kappa shape index (κ3) is 30.3. The van der Waals surface area contributed by atoms with Crippen molar-refractivity contribution in [2.45, 2.75) is 0 Å². The van der Waals surface area contributed by atoms with Gasteiger partial charge in [0.25, 0.3) is 0 Å². The van der Waals surface area contributed by atoms with Crippen LogP contribution in [-0.2, 0) is 62.2 Å². The Hall–Kier alpha value is 1.48. The SMILES string of the molecule is [Mn+2].[Mn+2].[Mn+2].[O-2].[O-2]. The van der Waals surface area contributed by atoms with E-state index in [-0.39, 0.29) is 62.2 Å². The smallest absolute Gasteiger partial charge is 2.00 e. The molecule has 5 heteroatoms. The number of hydrogen-bond donors (Lipinski definition) is 0. The summed E-state index contributed by atoms with van der Waals surface area (Å²) in [6, 6.07) is 0. The molecule has 0 fully saturated rings. The topological polar surface area (TPSA) is 57.0 Å². The van der Waals surface area contributed by atoms with Gasteiger partial charge in [-0.05, 0) is 0 Å². The van der Waals surface area contributed by atoms with Crippen LogP contribution in [0.4, 0.5) is 0 Å². The zero-order valence-electron chi connectivity index (χ0n) is 1.95. The predicted octanol–water partition coefficient (Wildman–Crippen LogP) is -0.245. The molecule has 2 nitrogen and oxygen atoms in total. The van der Waals surface area contributed by atoms with Crippen molar-refractivity contribution in [1.82, 2.24) is 0 Å². The zero-order valence-corrected chi connectivity index (χ0v) is 5.49. The fourth-order valence-corrected chi connectivity index (χ4v) is 0. The quantitative estimate of drug-likeness (QED) is 0.481. The van der Waals surface area contributed by atoms with Crippen LogP contribution in [0.15, 0.2) is 0 Å². The minimum absolute atomic E-state index is 0.